The van der Waals surface area contributed by atoms with Crippen molar-refractivity contribution >= 4 is 63.8 Å². The summed E-state index contributed by atoms with van der Waals surface area (Å²) in [6.45, 7) is 0. The average molecular weight is 640 g/mol. The zero-order valence-electron chi connectivity index (χ0n) is 26.6. The number of hydrogen-bond acceptors (Lipinski definition) is 2. The van der Waals surface area contributed by atoms with Crippen LogP contribution in [-0.2, 0) is 0 Å². The molecule has 0 amide bonds. The van der Waals surface area contributed by atoms with Crippen molar-refractivity contribution in [2.24, 2.45) is 0 Å². The smallest absolute Gasteiger partial charge is 0.0702 e. The SMILES string of the molecule is c1ccc(-c2ccc(-c3c4ccccc4c(-c4ccc(-c5ccc6c(c5)sc5ccc7ccccc7c56)nc4)c4ccccc34)cc2)cc1. The molecule has 0 spiro atoms. The molecule has 1 nitrogen and oxygen atoms in total. The first-order valence-electron chi connectivity index (χ1n) is 16.7. The molecule has 0 bridgehead atoms. The van der Waals surface area contributed by atoms with E-state index in [0.717, 1.165) is 16.8 Å². The molecule has 0 saturated heterocycles. The Morgan fingerprint density at radius 2 is 0.898 bits per heavy atom. The second-order valence-corrected chi connectivity index (χ2v) is 13.8. The van der Waals surface area contributed by atoms with Gasteiger partial charge < -0.3 is 0 Å². The van der Waals surface area contributed by atoms with Crippen LogP contribution in [0.3, 0.4) is 0 Å². The summed E-state index contributed by atoms with van der Waals surface area (Å²) in [6, 6.07) is 61.6. The van der Waals surface area contributed by atoms with Gasteiger partial charge in [-0.1, -0.05) is 152 Å². The third kappa shape index (κ3) is 4.57. The molecule has 49 heavy (non-hydrogen) atoms. The van der Waals surface area contributed by atoms with E-state index in [1.807, 2.05) is 11.3 Å². The summed E-state index contributed by atoms with van der Waals surface area (Å²) in [7, 11) is 0. The third-order valence-electron chi connectivity index (χ3n) is 9.92. The lowest BCUT2D eigenvalue weighted by Gasteiger charge is -2.18. The molecule has 0 aliphatic heterocycles. The number of rotatable bonds is 4. The van der Waals surface area contributed by atoms with Gasteiger partial charge in [0.25, 0.3) is 0 Å². The van der Waals surface area contributed by atoms with Crippen LogP contribution in [0.2, 0.25) is 0 Å². The summed E-state index contributed by atoms with van der Waals surface area (Å²) in [5.41, 5.74) is 9.40. The van der Waals surface area contributed by atoms with Crippen LogP contribution in [0.4, 0.5) is 0 Å². The zero-order chi connectivity index (χ0) is 32.3. The summed E-state index contributed by atoms with van der Waals surface area (Å²) in [5.74, 6) is 0. The molecular formula is C47H29NS. The molecule has 0 fully saturated rings. The van der Waals surface area contributed by atoms with Crippen LogP contribution < -0.4 is 0 Å². The van der Waals surface area contributed by atoms with Crippen LogP contribution >= 0.6 is 11.3 Å². The van der Waals surface area contributed by atoms with Crippen LogP contribution in [0.5, 0.6) is 0 Å². The van der Waals surface area contributed by atoms with E-state index in [-0.39, 0.29) is 0 Å². The molecule has 0 atom stereocenters. The van der Waals surface area contributed by atoms with E-state index < -0.39 is 0 Å². The van der Waals surface area contributed by atoms with Gasteiger partial charge in [-0.2, -0.15) is 0 Å². The Morgan fingerprint density at radius 1 is 0.347 bits per heavy atom. The summed E-state index contributed by atoms with van der Waals surface area (Å²) in [4.78, 5) is 5.07. The Morgan fingerprint density at radius 3 is 1.57 bits per heavy atom. The van der Waals surface area contributed by atoms with Gasteiger partial charge in [-0.05, 0) is 78.3 Å². The van der Waals surface area contributed by atoms with Crippen molar-refractivity contribution in [3.05, 3.63) is 176 Å². The molecule has 0 unspecified atom stereocenters. The van der Waals surface area contributed by atoms with Crippen molar-refractivity contribution < 1.29 is 0 Å². The van der Waals surface area contributed by atoms with Crippen LogP contribution in [-0.4, -0.2) is 4.98 Å². The van der Waals surface area contributed by atoms with Gasteiger partial charge in [0.05, 0.1) is 5.69 Å². The highest BCUT2D eigenvalue weighted by Gasteiger charge is 2.17. The molecule has 10 rings (SSSR count). The van der Waals surface area contributed by atoms with E-state index in [4.69, 9.17) is 4.98 Å². The first kappa shape index (κ1) is 28.0. The lowest BCUT2D eigenvalue weighted by atomic mass is 9.86. The van der Waals surface area contributed by atoms with Crippen LogP contribution in [0.15, 0.2) is 176 Å². The molecule has 0 saturated carbocycles. The fourth-order valence-electron chi connectivity index (χ4n) is 7.63. The highest BCUT2D eigenvalue weighted by molar-refractivity contribution is 7.26. The molecule has 2 aromatic heterocycles. The molecule has 10 aromatic rings. The van der Waals surface area contributed by atoms with Gasteiger partial charge in [-0.3, -0.25) is 4.98 Å². The maximum absolute atomic E-state index is 5.07. The van der Waals surface area contributed by atoms with Crippen molar-refractivity contribution in [1.82, 2.24) is 4.98 Å². The van der Waals surface area contributed by atoms with E-state index in [1.165, 1.54) is 80.3 Å². The van der Waals surface area contributed by atoms with Gasteiger partial charge in [-0.25, -0.2) is 0 Å². The number of hydrogen-bond donors (Lipinski definition) is 0. The summed E-state index contributed by atoms with van der Waals surface area (Å²) in [6.07, 6.45) is 2.06. The lowest BCUT2D eigenvalue weighted by molar-refractivity contribution is 1.33. The first-order valence-corrected chi connectivity index (χ1v) is 17.5. The van der Waals surface area contributed by atoms with Gasteiger partial charge in [-0.15, -0.1) is 11.3 Å². The molecule has 0 aliphatic rings. The molecular weight excluding hydrogens is 611 g/mol. The monoisotopic (exact) mass is 639 g/mol. The van der Waals surface area contributed by atoms with E-state index >= 15 is 0 Å². The maximum Gasteiger partial charge on any atom is 0.0702 e. The van der Waals surface area contributed by atoms with Gasteiger partial charge >= 0.3 is 0 Å². The van der Waals surface area contributed by atoms with Gasteiger partial charge in [0.2, 0.25) is 0 Å². The van der Waals surface area contributed by atoms with Crippen molar-refractivity contribution in [1.29, 1.82) is 0 Å². The minimum absolute atomic E-state index is 0.983. The lowest BCUT2D eigenvalue weighted by Crippen LogP contribution is -1.92. The van der Waals surface area contributed by atoms with Crippen molar-refractivity contribution in [3.8, 4) is 44.6 Å². The zero-order valence-corrected chi connectivity index (χ0v) is 27.4. The number of aromatic nitrogens is 1. The molecule has 2 heterocycles. The second kappa shape index (κ2) is 11.3. The van der Waals surface area contributed by atoms with Crippen LogP contribution in [0, 0.1) is 0 Å². The van der Waals surface area contributed by atoms with E-state index in [2.05, 4.69) is 176 Å². The summed E-state index contributed by atoms with van der Waals surface area (Å²) >= 11 is 1.86. The standard InChI is InChI=1S/C47H29NS/c1-2-10-30(11-3-1)31-18-20-33(21-19-31)45-37-14-6-8-16-39(37)46(40-17-9-7-15-38(40)45)35-23-26-42(48-29-35)34-22-25-41-44(28-34)49-43-27-24-32-12-4-5-13-36(32)47(41)43/h1-29H. The van der Waals surface area contributed by atoms with Gasteiger partial charge in [0.15, 0.2) is 0 Å². The topological polar surface area (TPSA) is 12.9 Å². The van der Waals surface area contributed by atoms with E-state index in [1.54, 1.807) is 0 Å². The Hall–Kier alpha value is -6.09. The quantitative estimate of drug-likeness (QED) is 0.175. The number of thiophene rings is 1. The number of fused-ring (bicyclic) bond motifs is 7. The van der Waals surface area contributed by atoms with Crippen molar-refractivity contribution in [3.63, 3.8) is 0 Å². The molecule has 0 radical (unpaired) electrons. The van der Waals surface area contributed by atoms with E-state index in [0.29, 0.717) is 0 Å². The predicted octanol–water partition coefficient (Wildman–Crippen LogP) is 13.6. The Kier molecular flexibility index (Phi) is 6.43. The van der Waals surface area contributed by atoms with E-state index in [9.17, 15) is 0 Å². The second-order valence-electron chi connectivity index (χ2n) is 12.7. The third-order valence-corrected chi connectivity index (χ3v) is 11.0. The molecule has 0 aliphatic carbocycles. The van der Waals surface area contributed by atoms with Gasteiger partial charge in [0, 0.05) is 37.5 Å². The Bertz CT molecular complexity index is 2790. The van der Waals surface area contributed by atoms with Gasteiger partial charge in [0.1, 0.15) is 0 Å². The minimum atomic E-state index is 0.983. The predicted molar refractivity (Wildman–Crippen MR) is 211 cm³/mol. The van der Waals surface area contributed by atoms with Crippen molar-refractivity contribution in [2.75, 3.05) is 0 Å². The van der Waals surface area contributed by atoms with Crippen LogP contribution in [0.25, 0.3) is 97.1 Å². The number of benzene rings is 8. The highest BCUT2D eigenvalue weighted by Crippen LogP contribution is 2.44. The van der Waals surface area contributed by atoms with Crippen molar-refractivity contribution in [2.45, 2.75) is 0 Å². The molecule has 8 aromatic carbocycles. The van der Waals surface area contributed by atoms with Crippen LogP contribution in [0.1, 0.15) is 0 Å². The first-order chi connectivity index (χ1) is 24.3. The molecule has 2 heteroatoms. The summed E-state index contributed by atoms with van der Waals surface area (Å²) < 4.78 is 2.61. The fraction of sp³-hybridized carbons (Fsp3) is 0. The molecule has 0 N–H and O–H groups in total. The largest absolute Gasteiger partial charge is 0.256 e. The summed E-state index contributed by atoms with van der Waals surface area (Å²) in [5, 5.41) is 10.2. The minimum Gasteiger partial charge on any atom is -0.256 e. The number of nitrogens with zero attached hydrogens (tertiary/aromatic N) is 1. The molecule has 228 valence electrons. The average Bonchev–Trinajstić information content (AvgIpc) is 3.56. The number of pyridine rings is 1. The maximum atomic E-state index is 5.07. The normalized spacial score (nSPS) is 11.7. The highest BCUT2D eigenvalue weighted by atomic mass is 32.1. The Labute approximate surface area is 288 Å². The Balaban J connectivity index is 1.08. The fourth-order valence-corrected chi connectivity index (χ4v) is 8.79.